The van der Waals surface area contributed by atoms with Crippen LogP contribution in [-0.4, -0.2) is 12.0 Å². The van der Waals surface area contributed by atoms with Crippen molar-refractivity contribution in [3.05, 3.63) is 39.8 Å². The molecule has 1 heterocycles. The molecule has 15 heavy (non-hydrogen) atoms. The van der Waals surface area contributed by atoms with Crippen LogP contribution >= 0.6 is 27.3 Å². The van der Waals surface area contributed by atoms with Gasteiger partial charge in [-0.05, 0) is 13.1 Å². The van der Waals surface area contributed by atoms with Crippen molar-refractivity contribution in [1.29, 1.82) is 0 Å². The summed E-state index contributed by atoms with van der Waals surface area (Å²) in [5, 5.41) is 4.18. The fraction of sp³-hybridized carbons (Fsp3) is 0.182. The van der Waals surface area contributed by atoms with Crippen molar-refractivity contribution in [2.24, 2.45) is 0 Å². The lowest BCUT2D eigenvalue weighted by Crippen LogP contribution is -2.02. The van der Waals surface area contributed by atoms with E-state index in [1.54, 1.807) is 11.3 Å². The average molecular weight is 283 g/mol. The Hall–Kier alpha value is -0.710. The molecule has 0 radical (unpaired) electrons. The molecule has 0 spiro atoms. The highest BCUT2D eigenvalue weighted by atomic mass is 79.9. The summed E-state index contributed by atoms with van der Waals surface area (Å²) in [6.45, 7) is 0.877. The van der Waals surface area contributed by atoms with E-state index in [4.69, 9.17) is 0 Å². The molecule has 1 aromatic heterocycles. The maximum absolute atomic E-state index is 4.41. The molecular formula is C11H11BrN2S. The Labute approximate surface area is 101 Å². The molecule has 0 aliphatic carbocycles. The van der Waals surface area contributed by atoms with Crippen LogP contribution in [0.5, 0.6) is 0 Å². The van der Waals surface area contributed by atoms with E-state index in [2.05, 4.69) is 32.3 Å². The van der Waals surface area contributed by atoms with Crippen molar-refractivity contribution in [3.8, 4) is 10.6 Å². The molecule has 1 aromatic carbocycles. The molecule has 78 valence electrons. The van der Waals surface area contributed by atoms with Gasteiger partial charge < -0.3 is 5.32 Å². The third-order valence-corrected chi connectivity index (χ3v) is 3.73. The lowest BCUT2D eigenvalue weighted by molar-refractivity contribution is 0.829. The van der Waals surface area contributed by atoms with Crippen LogP contribution in [0.25, 0.3) is 10.6 Å². The summed E-state index contributed by atoms with van der Waals surface area (Å²) in [6, 6.07) is 8.15. The summed E-state index contributed by atoms with van der Waals surface area (Å²) in [4.78, 5) is 5.67. The number of hydrogen-bond acceptors (Lipinski definition) is 3. The standard InChI is InChI=1S/C11H11BrN2S/c1-13-6-8-7-14-11(15-8)9-4-2-3-5-10(9)12/h2-5,7,13H,6H2,1H3. The highest BCUT2D eigenvalue weighted by Gasteiger charge is 2.06. The van der Waals surface area contributed by atoms with E-state index >= 15 is 0 Å². The molecule has 2 aromatic rings. The smallest absolute Gasteiger partial charge is 0.124 e. The largest absolute Gasteiger partial charge is 0.315 e. The van der Waals surface area contributed by atoms with Crippen LogP contribution in [0.15, 0.2) is 34.9 Å². The van der Waals surface area contributed by atoms with E-state index in [1.165, 1.54) is 4.88 Å². The van der Waals surface area contributed by atoms with Gasteiger partial charge in [0.05, 0.1) is 0 Å². The minimum atomic E-state index is 0.877. The lowest BCUT2D eigenvalue weighted by atomic mass is 10.2. The van der Waals surface area contributed by atoms with Gasteiger partial charge in [-0.25, -0.2) is 4.98 Å². The molecule has 0 saturated heterocycles. The zero-order valence-electron chi connectivity index (χ0n) is 8.33. The van der Waals surface area contributed by atoms with E-state index in [0.717, 1.165) is 21.6 Å². The van der Waals surface area contributed by atoms with Gasteiger partial charge in [-0.15, -0.1) is 11.3 Å². The maximum Gasteiger partial charge on any atom is 0.124 e. The van der Waals surface area contributed by atoms with Gasteiger partial charge in [-0.3, -0.25) is 0 Å². The Morgan fingerprint density at radius 3 is 2.93 bits per heavy atom. The SMILES string of the molecule is CNCc1cnc(-c2ccccc2Br)s1. The second kappa shape index (κ2) is 4.88. The Balaban J connectivity index is 2.33. The summed E-state index contributed by atoms with van der Waals surface area (Å²) in [7, 11) is 1.94. The first-order valence-electron chi connectivity index (χ1n) is 4.65. The lowest BCUT2D eigenvalue weighted by Gasteiger charge is -1.98. The molecule has 4 heteroatoms. The first-order chi connectivity index (χ1) is 7.31. The van der Waals surface area contributed by atoms with Gasteiger partial charge in [0.25, 0.3) is 0 Å². The first-order valence-corrected chi connectivity index (χ1v) is 6.26. The van der Waals surface area contributed by atoms with Crippen LogP contribution in [0.3, 0.4) is 0 Å². The Bertz CT molecular complexity index is 453. The molecule has 2 rings (SSSR count). The maximum atomic E-state index is 4.41. The minimum Gasteiger partial charge on any atom is -0.315 e. The third-order valence-electron chi connectivity index (χ3n) is 2.01. The second-order valence-corrected chi connectivity index (χ2v) is 5.11. The van der Waals surface area contributed by atoms with Gasteiger partial charge in [0.2, 0.25) is 0 Å². The number of rotatable bonds is 3. The molecule has 0 aliphatic rings. The summed E-state index contributed by atoms with van der Waals surface area (Å²) in [5.74, 6) is 0. The first kappa shape index (κ1) is 10.8. The molecule has 0 bridgehead atoms. The Morgan fingerprint density at radius 1 is 1.40 bits per heavy atom. The van der Waals surface area contributed by atoms with E-state index in [9.17, 15) is 0 Å². The number of nitrogens with zero attached hydrogens (tertiary/aromatic N) is 1. The van der Waals surface area contributed by atoms with Crippen molar-refractivity contribution in [2.45, 2.75) is 6.54 Å². The number of halogens is 1. The Morgan fingerprint density at radius 2 is 2.20 bits per heavy atom. The van der Waals surface area contributed by atoms with Gasteiger partial charge in [0, 0.05) is 27.7 Å². The molecule has 0 aliphatic heterocycles. The van der Waals surface area contributed by atoms with Crippen molar-refractivity contribution in [1.82, 2.24) is 10.3 Å². The summed E-state index contributed by atoms with van der Waals surface area (Å²) < 4.78 is 1.09. The zero-order valence-corrected chi connectivity index (χ0v) is 10.7. The third kappa shape index (κ3) is 2.45. The summed E-state index contributed by atoms with van der Waals surface area (Å²) in [5.41, 5.74) is 1.16. The molecule has 0 saturated carbocycles. The normalized spacial score (nSPS) is 10.5. The molecule has 0 fully saturated rings. The van der Waals surface area contributed by atoms with Gasteiger partial charge in [-0.2, -0.15) is 0 Å². The van der Waals surface area contributed by atoms with Crippen molar-refractivity contribution in [2.75, 3.05) is 7.05 Å². The molecular weight excluding hydrogens is 272 g/mol. The van der Waals surface area contributed by atoms with Crippen LogP contribution in [0, 0.1) is 0 Å². The molecule has 0 atom stereocenters. The molecule has 0 amide bonds. The predicted molar refractivity (Wildman–Crippen MR) is 68.0 cm³/mol. The number of hydrogen-bond donors (Lipinski definition) is 1. The van der Waals surface area contributed by atoms with Crippen molar-refractivity contribution >= 4 is 27.3 Å². The van der Waals surface area contributed by atoms with E-state index in [-0.39, 0.29) is 0 Å². The summed E-state index contributed by atoms with van der Waals surface area (Å²) in [6.07, 6.45) is 1.93. The van der Waals surface area contributed by atoms with Crippen molar-refractivity contribution in [3.63, 3.8) is 0 Å². The minimum absolute atomic E-state index is 0.877. The van der Waals surface area contributed by atoms with Crippen LogP contribution < -0.4 is 5.32 Å². The van der Waals surface area contributed by atoms with Crippen LogP contribution in [0.2, 0.25) is 0 Å². The van der Waals surface area contributed by atoms with E-state index in [0.29, 0.717) is 0 Å². The van der Waals surface area contributed by atoms with Gasteiger partial charge in [0.15, 0.2) is 0 Å². The highest BCUT2D eigenvalue weighted by Crippen LogP contribution is 2.30. The second-order valence-electron chi connectivity index (χ2n) is 3.14. The Kier molecular flexibility index (Phi) is 3.51. The van der Waals surface area contributed by atoms with Crippen LogP contribution in [0.1, 0.15) is 4.88 Å². The van der Waals surface area contributed by atoms with Gasteiger partial charge >= 0.3 is 0 Å². The quantitative estimate of drug-likeness (QED) is 0.935. The van der Waals surface area contributed by atoms with Crippen LogP contribution in [0.4, 0.5) is 0 Å². The molecule has 2 nitrogen and oxygen atoms in total. The molecule has 1 N–H and O–H groups in total. The van der Waals surface area contributed by atoms with Crippen molar-refractivity contribution < 1.29 is 0 Å². The zero-order chi connectivity index (χ0) is 10.7. The number of benzene rings is 1. The van der Waals surface area contributed by atoms with Gasteiger partial charge in [0.1, 0.15) is 5.01 Å². The fourth-order valence-electron chi connectivity index (χ4n) is 1.32. The number of aromatic nitrogens is 1. The predicted octanol–water partition coefficient (Wildman–Crippen LogP) is 3.29. The van der Waals surface area contributed by atoms with E-state index in [1.807, 2.05) is 31.4 Å². The van der Waals surface area contributed by atoms with E-state index < -0.39 is 0 Å². The number of nitrogens with one attached hydrogen (secondary N) is 1. The monoisotopic (exact) mass is 282 g/mol. The fourth-order valence-corrected chi connectivity index (χ4v) is 2.89. The summed E-state index contributed by atoms with van der Waals surface area (Å²) >= 11 is 5.25. The average Bonchev–Trinajstić information content (AvgIpc) is 2.68. The van der Waals surface area contributed by atoms with Gasteiger partial charge in [-0.1, -0.05) is 34.1 Å². The highest BCUT2D eigenvalue weighted by molar-refractivity contribution is 9.10. The number of thiazole rings is 1. The topological polar surface area (TPSA) is 24.9 Å². The molecule has 0 unspecified atom stereocenters. The van der Waals surface area contributed by atoms with Crippen LogP contribution in [-0.2, 0) is 6.54 Å².